The maximum absolute atomic E-state index is 10.4. The highest BCUT2D eigenvalue weighted by Gasteiger charge is 2.18. The molecule has 2 atom stereocenters. The highest BCUT2D eigenvalue weighted by atomic mass is 16.3. The van der Waals surface area contributed by atoms with Crippen LogP contribution in [-0.4, -0.2) is 33.6 Å². The van der Waals surface area contributed by atoms with Gasteiger partial charge in [-0.05, 0) is 78.7 Å². The van der Waals surface area contributed by atoms with E-state index in [1.54, 1.807) is 0 Å². The number of rotatable bonds is 11. The van der Waals surface area contributed by atoms with E-state index in [1.165, 1.54) is 11.1 Å². The molecule has 0 aliphatic heterocycles. The van der Waals surface area contributed by atoms with Gasteiger partial charge in [0, 0.05) is 0 Å². The minimum atomic E-state index is -0.679. The molecule has 3 N–H and O–H groups in total. The summed E-state index contributed by atoms with van der Waals surface area (Å²) in [5.74, 6) is 0. The van der Waals surface area contributed by atoms with Crippen molar-refractivity contribution in [2.75, 3.05) is 6.61 Å². The molecule has 23 heavy (non-hydrogen) atoms. The van der Waals surface area contributed by atoms with Crippen LogP contribution < -0.4 is 0 Å². The van der Waals surface area contributed by atoms with E-state index in [0.29, 0.717) is 12.8 Å². The second-order valence-electron chi connectivity index (χ2n) is 7.10. The molecule has 3 nitrogen and oxygen atoms in total. The van der Waals surface area contributed by atoms with E-state index in [1.807, 2.05) is 52.8 Å². The Morgan fingerprint density at radius 3 is 2.26 bits per heavy atom. The first-order valence-electron chi connectivity index (χ1n) is 8.65. The lowest BCUT2D eigenvalue weighted by Crippen LogP contribution is -2.23. The third-order valence-corrected chi connectivity index (χ3v) is 4.15. The Morgan fingerprint density at radius 2 is 1.70 bits per heavy atom. The smallest absolute Gasteiger partial charge is 0.0781 e. The van der Waals surface area contributed by atoms with Gasteiger partial charge in [-0.15, -0.1) is 0 Å². The molecular weight excluding hydrogens is 288 g/mol. The largest absolute Gasteiger partial charge is 0.392 e. The predicted octanol–water partition coefficient (Wildman–Crippen LogP) is 4.29. The number of allylic oxidation sites excluding steroid dienone is 3. The molecule has 3 heteroatoms. The van der Waals surface area contributed by atoms with Gasteiger partial charge in [-0.1, -0.05) is 29.4 Å². The quantitative estimate of drug-likeness (QED) is 0.497. The zero-order valence-electron chi connectivity index (χ0n) is 15.6. The summed E-state index contributed by atoms with van der Waals surface area (Å²) in [4.78, 5) is 0. The molecule has 0 aromatic heterocycles. The molecule has 0 fully saturated rings. The lowest BCUT2D eigenvalue weighted by Gasteiger charge is -2.23. The summed E-state index contributed by atoms with van der Waals surface area (Å²) in [7, 11) is 0. The molecule has 0 heterocycles. The van der Waals surface area contributed by atoms with Gasteiger partial charge in [0.2, 0.25) is 0 Å². The lowest BCUT2D eigenvalue weighted by atomic mass is 9.92. The molecule has 0 aromatic carbocycles. The SMILES string of the molecule is CC(C)=CC[C@@H](O)/C(C)=C/CC[C@@](C)(O)CCC/C(C)=C/CO. The summed E-state index contributed by atoms with van der Waals surface area (Å²) in [6, 6.07) is 0. The number of hydrogen-bond acceptors (Lipinski definition) is 3. The molecule has 0 spiro atoms. The highest BCUT2D eigenvalue weighted by molar-refractivity contribution is 5.08. The molecule has 0 bridgehead atoms. The molecule has 0 amide bonds. The maximum atomic E-state index is 10.4. The van der Waals surface area contributed by atoms with Crippen LogP contribution in [0.1, 0.15) is 73.1 Å². The Morgan fingerprint density at radius 1 is 1.04 bits per heavy atom. The molecule has 0 rings (SSSR count). The zero-order chi connectivity index (χ0) is 17.9. The van der Waals surface area contributed by atoms with Crippen LogP contribution in [0, 0.1) is 0 Å². The molecule has 0 saturated heterocycles. The van der Waals surface area contributed by atoms with Crippen LogP contribution in [-0.2, 0) is 0 Å². The Bertz CT molecular complexity index is 413. The minimum absolute atomic E-state index is 0.0847. The van der Waals surface area contributed by atoms with E-state index in [4.69, 9.17) is 5.11 Å². The van der Waals surface area contributed by atoms with Gasteiger partial charge in [0.1, 0.15) is 0 Å². The van der Waals surface area contributed by atoms with Gasteiger partial charge in [-0.2, -0.15) is 0 Å². The topological polar surface area (TPSA) is 60.7 Å². The van der Waals surface area contributed by atoms with E-state index in [-0.39, 0.29) is 6.61 Å². The fourth-order valence-corrected chi connectivity index (χ4v) is 2.41. The first-order valence-corrected chi connectivity index (χ1v) is 8.65. The van der Waals surface area contributed by atoms with E-state index in [0.717, 1.165) is 31.3 Å². The van der Waals surface area contributed by atoms with Gasteiger partial charge in [0.15, 0.2) is 0 Å². The predicted molar refractivity (Wildman–Crippen MR) is 98.4 cm³/mol. The Balaban J connectivity index is 4.19. The van der Waals surface area contributed by atoms with Crippen molar-refractivity contribution in [3.8, 4) is 0 Å². The molecule has 0 aromatic rings. The highest BCUT2D eigenvalue weighted by Crippen LogP contribution is 2.22. The van der Waals surface area contributed by atoms with Gasteiger partial charge in [-0.3, -0.25) is 0 Å². The first-order chi connectivity index (χ1) is 10.7. The second kappa shape index (κ2) is 11.6. The fourth-order valence-electron chi connectivity index (χ4n) is 2.41. The minimum Gasteiger partial charge on any atom is -0.392 e. The van der Waals surface area contributed by atoms with Gasteiger partial charge in [-0.25, -0.2) is 0 Å². The molecule has 0 unspecified atom stereocenters. The van der Waals surface area contributed by atoms with Crippen molar-refractivity contribution in [3.05, 3.63) is 34.9 Å². The summed E-state index contributed by atoms with van der Waals surface area (Å²) in [5.41, 5.74) is 2.67. The van der Waals surface area contributed by atoms with E-state index in [9.17, 15) is 10.2 Å². The molecule has 0 saturated carbocycles. The van der Waals surface area contributed by atoms with Crippen molar-refractivity contribution in [2.24, 2.45) is 0 Å². The number of aliphatic hydroxyl groups excluding tert-OH is 2. The standard InChI is InChI=1S/C20H36O3/c1-16(2)10-11-19(22)18(4)9-7-14-20(5,23)13-6-8-17(3)12-15-21/h9-10,12,19,21-23H,6-8,11,13-15H2,1-5H3/b17-12+,18-9+/t19-,20+/m1/s1. The summed E-state index contributed by atoms with van der Waals surface area (Å²) >= 11 is 0. The molecule has 0 aliphatic carbocycles. The summed E-state index contributed by atoms with van der Waals surface area (Å²) < 4.78 is 0. The van der Waals surface area contributed by atoms with Gasteiger partial charge < -0.3 is 15.3 Å². The van der Waals surface area contributed by atoms with Crippen molar-refractivity contribution in [3.63, 3.8) is 0 Å². The monoisotopic (exact) mass is 324 g/mol. The second-order valence-corrected chi connectivity index (χ2v) is 7.10. The average Bonchev–Trinajstić information content (AvgIpc) is 2.44. The van der Waals surface area contributed by atoms with Crippen molar-refractivity contribution in [2.45, 2.75) is 84.8 Å². The third kappa shape index (κ3) is 12.2. The lowest BCUT2D eigenvalue weighted by molar-refractivity contribution is 0.0409. The van der Waals surface area contributed by atoms with Gasteiger partial charge in [0.25, 0.3) is 0 Å². The maximum Gasteiger partial charge on any atom is 0.0781 e. The van der Waals surface area contributed by atoms with Crippen molar-refractivity contribution in [1.29, 1.82) is 0 Å². The molecule has 0 aliphatic rings. The summed E-state index contributed by atoms with van der Waals surface area (Å²) in [5, 5.41) is 29.3. The summed E-state index contributed by atoms with van der Waals surface area (Å²) in [6.45, 7) is 9.97. The average molecular weight is 325 g/mol. The van der Waals surface area contributed by atoms with Crippen molar-refractivity contribution >= 4 is 0 Å². The number of hydrogen-bond donors (Lipinski definition) is 3. The van der Waals surface area contributed by atoms with Crippen LogP contribution in [0.5, 0.6) is 0 Å². The van der Waals surface area contributed by atoms with E-state index >= 15 is 0 Å². The van der Waals surface area contributed by atoms with E-state index < -0.39 is 11.7 Å². The van der Waals surface area contributed by atoms with Gasteiger partial charge >= 0.3 is 0 Å². The fraction of sp³-hybridized carbons (Fsp3) is 0.700. The molecular formula is C20H36O3. The Hall–Kier alpha value is -0.900. The third-order valence-electron chi connectivity index (χ3n) is 4.15. The van der Waals surface area contributed by atoms with Crippen LogP contribution in [0.25, 0.3) is 0 Å². The van der Waals surface area contributed by atoms with Crippen LogP contribution in [0.4, 0.5) is 0 Å². The Labute approximate surface area is 142 Å². The normalized spacial score (nSPS) is 16.9. The Kier molecular flexibility index (Phi) is 11.2. The molecule has 134 valence electrons. The van der Waals surface area contributed by atoms with Crippen LogP contribution in [0.3, 0.4) is 0 Å². The van der Waals surface area contributed by atoms with Crippen LogP contribution in [0.2, 0.25) is 0 Å². The molecule has 0 radical (unpaired) electrons. The van der Waals surface area contributed by atoms with Crippen LogP contribution >= 0.6 is 0 Å². The van der Waals surface area contributed by atoms with Crippen LogP contribution in [0.15, 0.2) is 34.9 Å². The first kappa shape index (κ1) is 22.1. The van der Waals surface area contributed by atoms with Crippen molar-refractivity contribution < 1.29 is 15.3 Å². The number of aliphatic hydroxyl groups is 3. The zero-order valence-corrected chi connectivity index (χ0v) is 15.6. The summed E-state index contributed by atoms with van der Waals surface area (Å²) in [6.07, 6.45) is 10.2. The van der Waals surface area contributed by atoms with Crippen molar-refractivity contribution in [1.82, 2.24) is 0 Å². The van der Waals surface area contributed by atoms with Gasteiger partial charge in [0.05, 0.1) is 18.3 Å². The van der Waals surface area contributed by atoms with E-state index in [2.05, 4.69) is 0 Å².